The minimum atomic E-state index is -1.27. The quantitative estimate of drug-likeness (QED) is 0.726. The molecule has 1 saturated heterocycles. The van der Waals surface area contributed by atoms with E-state index in [1.807, 2.05) is 6.33 Å². The summed E-state index contributed by atoms with van der Waals surface area (Å²) in [5.74, 6) is 1.15. The molecule has 1 aliphatic rings. The highest BCUT2D eigenvalue weighted by Gasteiger charge is 2.20. The lowest BCUT2D eigenvalue weighted by molar-refractivity contribution is 0.312. The van der Waals surface area contributed by atoms with Gasteiger partial charge in [0, 0.05) is 32.4 Å². The minimum Gasteiger partial charge on any atom is -0.363 e. The van der Waals surface area contributed by atoms with Gasteiger partial charge in [-0.25, -0.2) is 4.98 Å². The van der Waals surface area contributed by atoms with Crippen molar-refractivity contribution in [3.8, 4) is 0 Å². The van der Waals surface area contributed by atoms with Crippen LogP contribution in [0.1, 0.15) is 0 Å². The van der Waals surface area contributed by atoms with Crippen LogP contribution in [0.4, 0.5) is 5.82 Å². The third kappa shape index (κ3) is 2.47. The standard InChI is InChI=1S/C11H22N4Si/c1-13-5-7-14(8-6-13)11-9-15(10-12-11)16(2,3)4/h9-10H,5-8H2,1-4H3. The lowest BCUT2D eigenvalue weighted by atomic mass is 10.3. The zero-order valence-corrected chi connectivity index (χ0v) is 11.8. The molecular formula is C11H22N4Si. The van der Waals surface area contributed by atoms with Crippen LogP contribution in [0.3, 0.4) is 0 Å². The Hall–Kier alpha value is -0.813. The molecule has 2 rings (SSSR count). The molecule has 1 fully saturated rings. The third-order valence-corrected chi connectivity index (χ3v) is 4.96. The number of nitrogens with zero attached hydrogens (tertiary/aromatic N) is 4. The van der Waals surface area contributed by atoms with Gasteiger partial charge in [0.15, 0.2) is 8.24 Å². The van der Waals surface area contributed by atoms with Crippen molar-refractivity contribution in [2.45, 2.75) is 19.6 Å². The maximum atomic E-state index is 4.54. The molecule has 0 amide bonds. The second-order valence-electron chi connectivity index (χ2n) is 5.60. The maximum absolute atomic E-state index is 4.54. The van der Waals surface area contributed by atoms with E-state index in [2.05, 4.69) is 51.9 Å². The molecule has 0 bridgehead atoms. The van der Waals surface area contributed by atoms with Crippen molar-refractivity contribution in [2.24, 2.45) is 0 Å². The van der Waals surface area contributed by atoms with Crippen LogP contribution in [0.15, 0.2) is 12.5 Å². The van der Waals surface area contributed by atoms with Crippen molar-refractivity contribution in [1.82, 2.24) is 14.1 Å². The molecule has 2 heterocycles. The highest BCUT2D eigenvalue weighted by Crippen LogP contribution is 2.16. The van der Waals surface area contributed by atoms with E-state index in [9.17, 15) is 0 Å². The van der Waals surface area contributed by atoms with E-state index < -0.39 is 8.24 Å². The predicted molar refractivity (Wildman–Crippen MR) is 70.7 cm³/mol. The third-order valence-electron chi connectivity index (χ3n) is 3.17. The highest BCUT2D eigenvalue weighted by molar-refractivity contribution is 6.74. The molecule has 0 radical (unpaired) electrons. The molecule has 0 N–H and O–H groups in total. The number of hydrogen-bond donors (Lipinski definition) is 0. The molecule has 0 unspecified atom stereocenters. The molecule has 1 aromatic heterocycles. The average molecular weight is 238 g/mol. The molecule has 1 aliphatic heterocycles. The maximum Gasteiger partial charge on any atom is 0.154 e. The van der Waals surface area contributed by atoms with Crippen LogP contribution in [-0.2, 0) is 0 Å². The van der Waals surface area contributed by atoms with Gasteiger partial charge in [-0.05, 0) is 7.05 Å². The van der Waals surface area contributed by atoms with Crippen LogP contribution < -0.4 is 4.90 Å². The summed E-state index contributed by atoms with van der Waals surface area (Å²) in [6.07, 6.45) is 4.22. The number of piperazine rings is 1. The van der Waals surface area contributed by atoms with Crippen LogP contribution >= 0.6 is 0 Å². The molecule has 4 nitrogen and oxygen atoms in total. The van der Waals surface area contributed by atoms with Gasteiger partial charge >= 0.3 is 0 Å². The number of aromatic nitrogens is 2. The number of imidazole rings is 1. The predicted octanol–water partition coefficient (Wildman–Crippen LogP) is 1.32. The monoisotopic (exact) mass is 238 g/mol. The second kappa shape index (κ2) is 4.22. The molecule has 0 spiro atoms. The van der Waals surface area contributed by atoms with Gasteiger partial charge in [0.25, 0.3) is 0 Å². The Morgan fingerprint density at radius 2 is 1.75 bits per heavy atom. The van der Waals surface area contributed by atoms with Crippen molar-refractivity contribution in [3.05, 3.63) is 12.5 Å². The van der Waals surface area contributed by atoms with Crippen LogP contribution in [0.5, 0.6) is 0 Å². The molecular weight excluding hydrogens is 216 g/mol. The molecule has 1 aromatic rings. The SMILES string of the molecule is CN1CCN(c2cn([Si](C)(C)C)cn2)CC1. The molecule has 0 saturated carbocycles. The van der Waals surface area contributed by atoms with Gasteiger partial charge in [-0.2, -0.15) is 0 Å². The van der Waals surface area contributed by atoms with Gasteiger partial charge in [-0.1, -0.05) is 19.6 Å². The van der Waals surface area contributed by atoms with Gasteiger partial charge in [0.2, 0.25) is 0 Å². The summed E-state index contributed by atoms with van der Waals surface area (Å²) in [4.78, 5) is 9.29. The molecule has 0 aliphatic carbocycles. The fourth-order valence-electron chi connectivity index (χ4n) is 1.88. The average Bonchev–Trinajstić information content (AvgIpc) is 2.67. The summed E-state index contributed by atoms with van der Waals surface area (Å²) in [6.45, 7) is 11.5. The van der Waals surface area contributed by atoms with Crippen molar-refractivity contribution in [1.29, 1.82) is 0 Å². The number of hydrogen-bond acceptors (Lipinski definition) is 3. The lowest BCUT2D eigenvalue weighted by Crippen LogP contribution is -2.44. The van der Waals surface area contributed by atoms with E-state index in [1.54, 1.807) is 0 Å². The smallest absolute Gasteiger partial charge is 0.154 e. The van der Waals surface area contributed by atoms with Gasteiger partial charge in [-0.15, -0.1) is 0 Å². The Balaban J connectivity index is 2.08. The van der Waals surface area contributed by atoms with Crippen molar-refractivity contribution < 1.29 is 0 Å². The molecule has 90 valence electrons. The van der Waals surface area contributed by atoms with Gasteiger partial charge in [-0.3, -0.25) is 0 Å². The first-order valence-electron chi connectivity index (χ1n) is 5.95. The topological polar surface area (TPSA) is 24.3 Å². The van der Waals surface area contributed by atoms with E-state index in [1.165, 1.54) is 0 Å². The number of anilines is 1. The lowest BCUT2D eigenvalue weighted by Gasteiger charge is -2.32. The normalized spacial score (nSPS) is 19.1. The van der Waals surface area contributed by atoms with Gasteiger partial charge in [0.05, 0.1) is 6.33 Å². The van der Waals surface area contributed by atoms with Crippen molar-refractivity contribution in [3.63, 3.8) is 0 Å². The van der Waals surface area contributed by atoms with Crippen molar-refractivity contribution in [2.75, 3.05) is 38.1 Å². The fourth-order valence-corrected chi connectivity index (χ4v) is 2.79. The summed E-state index contributed by atoms with van der Waals surface area (Å²) < 4.78 is 2.32. The van der Waals surface area contributed by atoms with Crippen molar-refractivity contribution >= 4 is 14.1 Å². The summed E-state index contributed by atoms with van der Waals surface area (Å²) in [7, 11) is 0.906. The van der Waals surface area contributed by atoms with Crippen LogP contribution in [-0.4, -0.2) is 55.6 Å². The first-order valence-corrected chi connectivity index (χ1v) is 9.39. The second-order valence-corrected chi connectivity index (χ2v) is 10.5. The summed E-state index contributed by atoms with van der Waals surface area (Å²) >= 11 is 0. The molecule has 0 aromatic carbocycles. The summed E-state index contributed by atoms with van der Waals surface area (Å²) in [6, 6.07) is 0. The zero-order valence-electron chi connectivity index (χ0n) is 10.8. The first kappa shape index (κ1) is 11.7. The van der Waals surface area contributed by atoms with E-state index in [4.69, 9.17) is 0 Å². The highest BCUT2D eigenvalue weighted by atomic mass is 28.3. The molecule has 16 heavy (non-hydrogen) atoms. The summed E-state index contributed by atoms with van der Waals surface area (Å²) in [5.41, 5.74) is 0. The van der Waals surface area contributed by atoms with E-state index in [0.29, 0.717) is 0 Å². The largest absolute Gasteiger partial charge is 0.363 e. The van der Waals surface area contributed by atoms with Crippen LogP contribution in [0.25, 0.3) is 0 Å². The van der Waals surface area contributed by atoms with Gasteiger partial charge < -0.3 is 14.0 Å². The first-order chi connectivity index (χ1) is 7.47. The Morgan fingerprint density at radius 1 is 1.12 bits per heavy atom. The molecule has 5 heteroatoms. The fraction of sp³-hybridized carbons (Fsp3) is 0.727. The van der Waals surface area contributed by atoms with E-state index >= 15 is 0 Å². The minimum absolute atomic E-state index is 1.10. The number of rotatable bonds is 2. The van der Waals surface area contributed by atoms with Crippen LogP contribution in [0.2, 0.25) is 19.6 Å². The zero-order chi connectivity index (χ0) is 11.8. The molecule has 0 atom stereocenters. The van der Waals surface area contributed by atoms with E-state index in [-0.39, 0.29) is 0 Å². The Morgan fingerprint density at radius 3 is 2.25 bits per heavy atom. The Labute approximate surface area is 99.0 Å². The van der Waals surface area contributed by atoms with E-state index in [0.717, 1.165) is 32.0 Å². The van der Waals surface area contributed by atoms with Gasteiger partial charge in [0.1, 0.15) is 5.82 Å². The number of likely N-dealkylation sites (N-methyl/N-ethyl adjacent to an activating group) is 1. The van der Waals surface area contributed by atoms with Crippen LogP contribution in [0, 0.1) is 0 Å². The Kier molecular flexibility index (Phi) is 3.07. The summed E-state index contributed by atoms with van der Waals surface area (Å²) in [5, 5.41) is 0. The Bertz CT molecular complexity index is 347.